The van der Waals surface area contributed by atoms with Gasteiger partial charge in [0.25, 0.3) is 0 Å². The van der Waals surface area contributed by atoms with E-state index in [1.165, 1.54) is 4.90 Å². The predicted octanol–water partition coefficient (Wildman–Crippen LogP) is -0.293. The number of hydrogen-bond donors (Lipinski definition) is 1. The second kappa shape index (κ2) is 3.74. The quantitative estimate of drug-likeness (QED) is 0.529. The Morgan fingerprint density at radius 1 is 1.31 bits per heavy atom. The lowest BCUT2D eigenvalue weighted by Gasteiger charge is -2.34. The van der Waals surface area contributed by atoms with E-state index in [-0.39, 0.29) is 12.2 Å². The van der Waals surface area contributed by atoms with Crippen LogP contribution in [0.4, 0.5) is 0 Å². The zero-order valence-electron chi connectivity index (χ0n) is 7.69. The average molecular weight is 187 g/mol. The van der Waals surface area contributed by atoms with Gasteiger partial charge in [-0.3, -0.25) is 4.79 Å². The van der Waals surface area contributed by atoms with Gasteiger partial charge in [0.1, 0.15) is 0 Å². The summed E-state index contributed by atoms with van der Waals surface area (Å²) in [7, 11) is 0. The van der Waals surface area contributed by atoms with E-state index in [2.05, 4.69) is 0 Å². The van der Waals surface area contributed by atoms with Gasteiger partial charge in [0.2, 0.25) is 0 Å². The molecule has 0 aromatic rings. The molecule has 1 saturated heterocycles. The number of carbonyl (C=O) groups excluding carboxylic acids is 1. The number of amides is 1. The normalized spacial score (nSPS) is 28.6. The van der Waals surface area contributed by atoms with E-state index < -0.39 is 11.9 Å². The van der Waals surface area contributed by atoms with Crippen LogP contribution in [-0.2, 0) is 14.3 Å². The summed E-state index contributed by atoms with van der Waals surface area (Å²) in [6.45, 7) is 4.35. The highest BCUT2D eigenvalue weighted by molar-refractivity contribution is 6.31. The Balaban J connectivity index is 2.60. The van der Waals surface area contributed by atoms with Crippen LogP contribution in [0, 0.1) is 0 Å². The fourth-order valence-corrected chi connectivity index (χ4v) is 1.48. The number of carboxylic acid groups (broad SMARTS) is 1. The number of aliphatic carboxylic acids is 1. The molecule has 0 unspecified atom stereocenters. The van der Waals surface area contributed by atoms with Crippen molar-refractivity contribution in [3.05, 3.63) is 0 Å². The molecule has 2 atom stereocenters. The molecule has 13 heavy (non-hydrogen) atoms. The van der Waals surface area contributed by atoms with Crippen LogP contribution in [0.15, 0.2) is 0 Å². The molecule has 1 rings (SSSR count). The molecule has 74 valence electrons. The van der Waals surface area contributed by atoms with Gasteiger partial charge in [0, 0.05) is 13.1 Å². The van der Waals surface area contributed by atoms with Crippen LogP contribution in [-0.4, -0.2) is 47.2 Å². The number of nitrogens with zero attached hydrogens (tertiary/aromatic N) is 1. The van der Waals surface area contributed by atoms with Gasteiger partial charge < -0.3 is 14.7 Å². The van der Waals surface area contributed by atoms with Gasteiger partial charge in [-0.05, 0) is 13.8 Å². The van der Waals surface area contributed by atoms with Crippen molar-refractivity contribution in [2.24, 2.45) is 0 Å². The van der Waals surface area contributed by atoms with Crippen molar-refractivity contribution in [1.29, 1.82) is 0 Å². The number of rotatable bonds is 0. The minimum absolute atomic E-state index is 0.0907. The number of ether oxygens (including phenoxy) is 1. The molecule has 0 aromatic heterocycles. The summed E-state index contributed by atoms with van der Waals surface area (Å²) < 4.78 is 5.36. The van der Waals surface area contributed by atoms with Crippen LogP contribution in [0.1, 0.15) is 13.8 Å². The van der Waals surface area contributed by atoms with Crippen molar-refractivity contribution in [3.8, 4) is 0 Å². The molecular weight excluding hydrogens is 174 g/mol. The first-order valence-corrected chi connectivity index (χ1v) is 4.18. The number of carbonyl (C=O) groups is 2. The van der Waals surface area contributed by atoms with Crippen molar-refractivity contribution in [3.63, 3.8) is 0 Å². The van der Waals surface area contributed by atoms with Gasteiger partial charge in [0.05, 0.1) is 12.2 Å². The van der Waals surface area contributed by atoms with Gasteiger partial charge in [-0.25, -0.2) is 4.79 Å². The third-order valence-corrected chi connectivity index (χ3v) is 1.89. The number of hydrogen-bond acceptors (Lipinski definition) is 3. The first kappa shape index (κ1) is 9.98. The molecule has 1 fully saturated rings. The second-order valence-electron chi connectivity index (χ2n) is 3.27. The van der Waals surface area contributed by atoms with Crippen LogP contribution >= 0.6 is 0 Å². The monoisotopic (exact) mass is 187 g/mol. The Bertz CT molecular complexity index is 218. The van der Waals surface area contributed by atoms with Crippen molar-refractivity contribution in [2.75, 3.05) is 13.1 Å². The Kier molecular flexibility index (Phi) is 2.87. The summed E-state index contributed by atoms with van der Waals surface area (Å²) in [4.78, 5) is 22.7. The van der Waals surface area contributed by atoms with Crippen LogP contribution in [0.3, 0.4) is 0 Å². The van der Waals surface area contributed by atoms with Gasteiger partial charge >= 0.3 is 11.9 Å². The molecule has 5 heteroatoms. The van der Waals surface area contributed by atoms with E-state index in [0.717, 1.165) is 0 Å². The van der Waals surface area contributed by atoms with Gasteiger partial charge in [0.15, 0.2) is 0 Å². The maximum Gasteiger partial charge on any atom is 0.394 e. The van der Waals surface area contributed by atoms with E-state index in [9.17, 15) is 9.59 Å². The topological polar surface area (TPSA) is 66.8 Å². The Morgan fingerprint density at radius 3 is 2.15 bits per heavy atom. The molecule has 0 aromatic carbocycles. The van der Waals surface area contributed by atoms with E-state index in [0.29, 0.717) is 13.1 Å². The standard InChI is InChI=1S/C8H13NO4/c1-5-3-9(4-6(2)13-5)7(10)8(11)12/h5-6H,3-4H2,1-2H3,(H,11,12)/t5-,6-/m1/s1. The fourth-order valence-electron chi connectivity index (χ4n) is 1.48. The second-order valence-corrected chi connectivity index (χ2v) is 3.27. The molecule has 1 N–H and O–H groups in total. The Morgan fingerprint density at radius 2 is 1.77 bits per heavy atom. The Hall–Kier alpha value is -1.10. The minimum atomic E-state index is -1.40. The summed E-state index contributed by atoms with van der Waals surface area (Å²) >= 11 is 0. The van der Waals surface area contributed by atoms with Gasteiger partial charge in [-0.2, -0.15) is 0 Å². The van der Waals surface area contributed by atoms with E-state index >= 15 is 0 Å². The Labute approximate surface area is 76.3 Å². The maximum atomic E-state index is 11.1. The molecule has 0 radical (unpaired) electrons. The van der Waals surface area contributed by atoms with Crippen molar-refractivity contribution < 1.29 is 19.4 Å². The predicted molar refractivity (Wildman–Crippen MR) is 44.2 cm³/mol. The molecular formula is C8H13NO4. The molecule has 1 aliphatic rings. The third kappa shape index (κ3) is 2.42. The summed E-state index contributed by atoms with van der Waals surface area (Å²) in [5, 5.41) is 8.47. The first-order chi connectivity index (χ1) is 6.00. The smallest absolute Gasteiger partial charge is 0.394 e. The molecule has 1 amide bonds. The molecule has 0 aliphatic carbocycles. The van der Waals surface area contributed by atoms with Gasteiger partial charge in [-0.1, -0.05) is 0 Å². The van der Waals surface area contributed by atoms with E-state index in [1.807, 2.05) is 13.8 Å². The zero-order valence-corrected chi connectivity index (χ0v) is 7.69. The highest BCUT2D eigenvalue weighted by Gasteiger charge is 2.29. The SMILES string of the molecule is C[C@@H]1CN(C(=O)C(=O)O)C[C@@H](C)O1. The van der Waals surface area contributed by atoms with Crippen molar-refractivity contribution in [2.45, 2.75) is 26.1 Å². The highest BCUT2D eigenvalue weighted by atomic mass is 16.5. The van der Waals surface area contributed by atoms with Crippen molar-refractivity contribution in [1.82, 2.24) is 4.90 Å². The lowest BCUT2D eigenvalue weighted by molar-refractivity contribution is -0.161. The van der Waals surface area contributed by atoms with E-state index in [4.69, 9.17) is 9.84 Å². The maximum absolute atomic E-state index is 11.1. The van der Waals surface area contributed by atoms with Crippen LogP contribution in [0.2, 0.25) is 0 Å². The highest BCUT2D eigenvalue weighted by Crippen LogP contribution is 2.10. The zero-order chi connectivity index (χ0) is 10.0. The molecule has 1 heterocycles. The summed E-state index contributed by atoms with van der Waals surface area (Å²) in [6.07, 6.45) is -0.181. The number of carboxylic acids is 1. The molecule has 5 nitrogen and oxygen atoms in total. The molecule has 1 aliphatic heterocycles. The van der Waals surface area contributed by atoms with Crippen LogP contribution < -0.4 is 0 Å². The van der Waals surface area contributed by atoms with Crippen LogP contribution in [0.25, 0.3) is 0 Å². The third-order valence-electron chi connectivity index (χ3n) is 1.89. The van der Waals surface area contributed by atoms with Gasteiger partial charge in [-0.15, -0.1) is 0 Å². The van der Waals surface area contributed by atoms with Crippen LogP contribution in [0.5, 0.6) is 0 Å². The molecule has 0 saturated carbocycles. The largest absolute Gasteiger partial charge is 0.474 e. The molecule has 0 bridgehead atoms. The first-order valence-electron chi connectivity index (χ1n) is 4.18. The van der Waals surface area contributed by atoms with Crippen molar-refractivity contribution >= 4 is 11.9 Å². The number of morpholine rings is 1. The summed E-state index contributed by atoms with van der Waals surface area (Å²) in [5.74, 6) is -2.25. The fraction of sp³-hybridized carbons (Fsp3) is 0.750. The van der Waals surface area contributed by atoms with E-state index in [1.54, 1.807) is 0 Å². The summed E-state index contributed by atoms with van der Waals surface area (Å²) in [5.41, 5.74) is 0. The summed E-state index contributed by atoms with van der Waals surface area (Å²) in [6, 6.07) is 0. The molecule has 0 spiro atoms. The minimum Gasteiger partial charge on any atom is -0.474 e. The average Bonchev–Trinajstić information content (AvgIpc) is 2.01. The lowest BCUT2D eigenvalue weighted by Crippen LogP contribution is -2.50. The lowest BCUT2D eigenvalue weighted by atomic mass is 10.2.